The Bertz CT molecular complexity index is 491. The van der Waals surface area contributed by atoms with Gasteiger partial charge >= 0.3 is 0 Å². The summed E-state index contributed by atoms with van der Waals surface area (Å²) in [4.78, 5) is 16.6. The Morgan fingerprint density at radius 3 is 2.50 bits per heavy atom. The van der Waals surface area contributed by atoms with Crippen LogP contribution < -0.4 is 10.4 Å². The number of nitrogens with zero attached hydrogens (tertiary/aromatic N) is 1. The third-order valence-corrected chi connectivity index (χ3v) is 2.25. The molecule has 2 aromatic rings. The highest BCUT2D eigenvalue weighted by atomic mass is 16.7. The second-order valence-electron chi connectivity index (χ2n) is 3.43. The maximum Gasteiger partial charge on any atom is 0.282 e. The van der Waals surface area contributed by atoms with Crippen LogP contribution in [0.5, 0.6) is 0 Å². The minimum atomic E-state index is -0.143. The molecule has 0 saturated heterocycles. The predicted octanol–water partition coefficient (Wildman–Crippen LogP) is 1.52. The second kappa shape index (κ2) is 5.16. The van der Waals surface area contributed by atoms with E-state index < -0.39 is 0 Å². The zero-order chi connectivity index (χ0) is 11.2. The van der Waals surface area contributed by atoms with Gasteiger partial charge in [0.25, 0.3) is 5.56 Å². The van der Waals surface area contributed by atoms with E-state index in [0.717, 1.165) is 6.42 Å². The topological polar surface area (TPSA) is 31.2 Å². The van der Waals surface area contributed by atoms with Gasteiger partial charge in [0.05, 0.1) is 0 Å². The van der Waals surface area contributed by atoms with Crippen LogP contribution in [-0.2, 0) is 6.42 Å². The quantitative estimate of drug-likeness (QED) is 0.774. The smallest absolute Gasteiger partial charge is 0.282 e. The lowest BCUT2D eigenvalue weighted by atomic mass is 10.2. The van der Waals surface area contributed by atoms with Crippen LogP contribution in [0.1, 0.15) is 5.56 Å². The van der Waals surface area contributed by atoms with Crippen molar-refractivity contribution in [2.75, 3.05) is 6.61 Å². The molecule has 0 bridgehead atoms. The number of hydrogen-bond acceptors (Lipinski definition) is 2. The second-order valence-corrected chi connectivity index (χ2v) is 3.43. The molecule has 0 N–H and O–H groups in total. The van der Waals surface area contributed by atoms with Crippen molar-refractivity contribution < 1.29 is 4.84 Å². The number of aromatic nitrogens is 1. The Labute approximate surface area is 93.9 Å². The Balaban J connectivity index is 1.90. The van der Waals surface area contributed by atoms with Gasteiger partial charge in [-0.25, -0.2) is 0 Å². The molecule has 0 aliphatic heterocycles. The molecule has 3 nitrogen and oxygen atoms in total. The molecule has 0 atom stereocenters. The fourth-order valence-corrected chi connectivity index (χ4v) is 1.43. The third-order valence-electron chi connectivity index (χ3n) is 2.25. The number of benzene rings is 1. The Kier molecular flexibility index (Phi) is 3.38. The summed E-state index contributed by atoms with van der Waals surface area (Å²) in [6.07, 6.45) is 2.41. The van der Waals surface area contributed by atoms with Gasteiger partial charge in [0.15, 0.2) is 0 Å². The summed E-state index contributed by atoms with van der Waals surface area (Å²) in [5.74, 6) is 0. The molecule has 3 heteroatoms. The van der Waals surface area contributed by atoms with Crippen LogP contribution >= 0.6 is 0 Å². The average Bonchev–Trinajstić information content (AvgIpc) is 2.33. The van der Waals surface area contributed by atoms with Crippen LogP contribution in [0.2, 0.25) is 0 Å². The van der Waals surface area contributed by atoms with Crippen molar-refractivity contribution in [3.05, 3.63) is 70.6 Å². The van der Waals surface area contributed by atoms with Crippen LogP contribution in [0, 0.1) is 0 Å². The van der Waals surface area contributed by atoms with Gasteiger partial charge in [-0.2, -0.15) is 4.73 Å². The van der Waals surface area contributed by atoms with E-state index in [-0.39, 0.29) is 5.56 Å². The molecule has 16 heavy (non-hydrogen) atoms. The SMILES string of the molecule is O=c1ccccn1OCCc1ccccc1. The molecule has 0 amide bonds. The first-order valence-electron chi connectivity index (χ1n) is 5.21. The van der Waals surface area contributed by atoms with Crippen molar-refractivity contribution in [1.82, 2.24) is 4.73 Å². The van der Waals surface area contributed by atoms with Crippen molar-refractivity contribution in [2.45, 2.75) is 6.42 Å². The fourth-order valence-electron chi connectivity index (χ4n) is 1.43. The average molecular weight is 215 g/mol. The largest absolute Gasteiger partial charge is 0.410 e. The van der Waals surface area contributed by atoms with Crippen molar-refractivity contribution in [3.8, 4) is 0 Å². The lowest BCUT2D eigenvalue weighted by Gasteiger charge is -2.07. The molecule has 2 rings (SSSR count). The maximum atomic E-state index is 11.3. The van der Waals surface area contributed by atoms with E-state index in [1.807, 2.05) is 30.3 Å². The summed E-state index contributed by atoms with van der Waals surface area (Å²) >= 11 is 0. The Morgan fingerprint density at radius 2 is 1.75 bits per heavy atom. The monoisotopic (exact) mass is 215 g/mol. The highest BCUT2D eigenvalue weighted by Crippen LogP contribution is 1.98. The minimum Gasteiger partial charge on any atom is -0.410 e. The van der Waals surface area contributed by atoms with Gasteiger partial charge in [-0.05, 0) is 11.6 Å². The summed E-state index contributed by atoms with van der Waals surface area (Å²) in [5, 5.41) is 0. The summed E-state index contributed by atoms with van der Waals surface area (Å²) in [6.45, 7) is 0.494. The zero-order valence-corrected chi connectivity index (χ0v) is 8.87. The summed E-state index contributed by atoms with van der Waals surface area (Å²) < 4.78 is 1.25. The molecule has 82 valence electrons. The first kappa shape index (κ1) is 10.5. The van der Waals surface area contributed by atoms with E-state index >= 15 is 0 Å². The van der Waals surface area contributed by atoms with Gasteiger partial charge in [0, 0.05) is 18.7 Å². The van der Waals surface area contributed by atoms with Gasteiger partial charge in [0.1, 0.15) is 6.61 Å². The summed E-state index contributed by atoms with van der Waals surface area (Å²) in [7, 11) is 0. The molecular weight excluding hydrogens is 202 g/mol. The van der Waals surface area contributed by atoms with E-state index in [1.165, 1.54) is 16.4 Å². The van der Waals surface area contributed by atoms with Gasteiger partial charge in [-0.15, -0.1) is 0 Å². The molecule has 0 saturated carbocycles. The number of pyridine rings is 1. The molecule has 1 heterocycles. The Hall–Kier alpha value is -2.03. The molecule has 0 fully saturated rings. The van der Waals surface area contributed by atoms with Crippen LogP contribution in [0.15, 0.2) is 59.5 Å². The molecule has 0 unspecified atom stereocenters. The fraction of sp³-hybridized carbons (Fsp3) is 0.154. The highest BCUT2D eigenvalue weighted by Gasteiger charge is 1.95. The van der Waals surface area contributed by atoms with E-state index in [4.69, 9.17) is 4.84 Å². The Morgan fingerprint density at radius 1 is 1.00 bits per heavy atom. The zero-order valence-electron chi connectivity index (χ0n) is 8.87. The van der Waals surface area contributed by atoms with E-state index in [9.17, 15) is 4.79 Å². The molecule has 1 aromatic carbocycles. The lowest BCUT2D eigenvalue weighted by molar-refractivity contribution is 0.104. The molecule has 0 aliphatic carbocycles. The van der Waals surface area contributed by atoms with Crippen LogP contribution in [0.3, 0.4) is 0 Å². The lowest BCUT2D eigenvalue weighted by Crippen LogP contribution is -2.26. The van der Waals surface area contributed by atoms with Crippen LogP contribution in [-0.4, -0.2) is 11.3 Å². The van der Waals surface area contributed by atoms with E-state index in [0.29, 0.717) is 6.61 Å². The number of rotatable bonds is 4. The van der Waals surface area contributed by atoms with Crippen molar-refractivity contribution in [3.63, 3.8) is 0 Å². The first-order chi connectivity index (χ1) is 7.86. The third kappa shape index (κ3) is 2.73. The van der Waals surface area contributed by atoms with Crippen LogP contribution in [0.25, 0.3) is 0 Å². The van der Waals surface area contributed by atoms with E-state index in [2.05, 4.69) is 0 Å². The normalized spacial score (nSPS) is 10.0. The summed E-state index contributed by atoms with van der Waals surface area (Å²) in [6, 6.07) is 15.0. The number of hydrogen-bond donors (Lipinski definition) is 0. The minimum absolute atomic E-state index is 0.143. The van der Waals surface area contributed by atoms with Crippen LogP contribution in [0.4, 0.5) is 0 Å². The predicted molar refractivity (Wildman–Crippen MR) is 62.3 cm³/mol. The van der Waals surface area contributed by atoms with Crippen molar-refractivity contribution in [2.24, 2.45) is 0 Å². The summed E-state index contributed by atoms with van der Waals surface area (Å²) in [5.41, 5.74) is 1.06. The standard InChI is InChI=1S/C13H13NO2/c15-13-8-4-5-10-14(13)16-11-9-12-6-2-1-3-7-12/h1-8,10H,9,11H2. The van der Waals surface area contributed by atoms with E-state index in [1.54, 1.807) is 18.3 Å². The van der Waals surface area contributed by atoms with Gasteiger partial charge in [-0.1, -0.05) is 36.4 Å². The van der Waals surface area contributed by atoms with Gasteiger partial charge < -0.3 is 4.84 Å². The molecule has 0 aliphatic rings. The highest BCUT2D eigenvalue weighted by molar-refractivity contribution is 5.14. The molecular formula is C13H13NO2. The van der Waals surface area contributed by atoms with Crippen molar-refractivity contribution >= 4 is 0 Å². The molecule has 0 radical (unpaired) electrons. The van der Waals surface area contributed by atoms with Crippen molar-refractivity contribution in [1.29, 1.82) is 0 Å². The van der Waals surface area contributed by atoms with Gasteiger partial charge in [0.2, 0.25) is 0 Å². The van der Waals surface area contributed by atoms with Gasteiger partial charge in [-0.3, -0.25) is 4.79 Å². The maximum absolute atomic E-state index is 11.3. The first-order valence-corrected chi connectivity index (χ1v) is 5.21. The molecule has 1 aromatic heterocycles. The molecule has 0 spiro atoms.